The highest BCUT2D eigenvalue weighted by Gasteiger charge is 2.32. The van der Waals surface area contributed by atoms with Crippen LogP contribution < -0.4 is 0 Å². The van der Waals surface area contributed by atoms with Crippen molar-refractivity contribution in [2.75, 3.05) is 0 Å². The summed E-state index contributed by atoms with van der Waals surface area (Å²) in [7, 11) is 0. The number of hydrogen-bond acceptors (Lipinski definition) is 3. The van der Waals surface area contributed by atoms with Gasteiger partial charge in [-0.1, -0.05) is 44.8 Å². The zero-order valence-electron chi connectivity index (χ0n) is 15.5. The number of carbonyl (C=O) groups is 2. The van der Waals surface area contributed by atoms with Gasteiger partial charge in [-0.25, -0.2) is 4.79 Å². The molecule has 0 spiro atoms. The SMILES string of the molecule is CCCC[C@H](C)CC#C[C@H]1CCC(=O)[C@@H]1CC=CCCC(O)C(=O)O. The maximum absolute atomic E-state index is 12.1. The molecule has 0 aromatic carbocycles. The first-order valence-electron chi connectivity index (χ1n) is 9.52. The second-order valence-corrected chi connectivity index (χ2v) is 7.13. The number of carboxylic acids is 1. The van der Waals surface area contributed by atoms with E-state index in [1.807, 2.05) is 12.2 Å². The third-order valence-corrected chi connectivity index (χ3v) is 4.84. The molecule has 0 bridgehead atoms. The molecule has 1 fully saturated rings. The molecule has 140 valence electrons. The van der Waals surface area contributed by atoms with Crippen LogP contribution in [-0.4, -0.2) is 28.1 Å². The van der Waals surface area contributed by atoms with Gasteiger partial charge < -0.3 is 10.2 Å². The first-order chi connectivity index (χ1) is 12.0. The summed E-state index contributed by atoms with van der Waals surface area (Å²) in [5.41, 5.74) is 0. The quantitative estimate of drug-likeness (QED) is 0.463. The zero-order valence-corrected chi connectivity index (χ0v) is 15.5. The molecular weight excluding hydrogens is 316 g/mol. The third kappa shape index (κ3) is 8.36. The van der Waals surface area contributed by atoms with Crippen LogP contribution in [0.1, 0.15) is 71.6 Å². The standard InChI is InChI=1S/C21H32O4/c1-3-4-9-16(2)10-8-11-17-14-15-19(22)18(17)12-6-5-7-13-20(23)21(24)25/h5-6,16-18,20,23H,3-4,7,9-10,12-15H2,1-2H3,(H,24,25)/t16-,17-,18+,20?/m0/s1. The van der Waals surface area contributed by atoms with Crippen LogP contribution in [0.2, 0.25) is 0 Å². The fourth-order valence-corrected chi connectivity index (χ4v) is 3.13. The fourth-order valence-electron chi connectivity index (χ4n) is 3.13. The fraction of sp³-hybridized carbons (Fsp3) is 0.714. The van der Waals surface area contributed by atoms with E-state index in [0.29, 0.717) is 25.2 Å². The van der Waals surface area contributed by atoms with Crippen molar-refractivity contribution in [3.05, 3.63) is 12.2 Å². The highest BCUT2D eigenvalue weighted by atomic mass is 16.4. The molecule has 1 rings (SSSR count). The van der Waals surface area contributed by atoms with Crippen LogP contribution in [0, 0.1) is 29.6 Å². The van der Waals surface area contributed by atoms with E-state index < -0.39 is 12.1 Å². The maximum atomic E-state index is 12.1. The van der Waals surface area contributed by atoms with Gasteiger partial charge in [0.25, 0.3) is 0 Å². The van der Waals surface area contributed by atoms with E-state index in [4.69, 9.17) is 5.11 Å². The van der Waals surface area contributed by atoms with Crippen LogP contribution in [0.4, 0.5) is 0 Å². The molecule has 2 N–H and O–H groups in total. The lowest BCUT2D eigenvalue weighted by Crippen LogP contribution is -2.18. The van der Waals surface area contributed by atoms with E-state index in [9.17, 15) is 14.7 Å². The van der Waals surface area contributed by atoms with E-state index in [1.54, 1.807) is 0 Å². The maximum Gasteiger partial charge on any atom is 0.332 e. The van der Waals surface area contributed by atoms with Gasteiger partial charge in [-0.15, -0.1) is 5.92 Å². The van der Waals surface area contributed by atoms with E-state index in [-0.39, 0.29) is 24.0 Å². The van der Waals surface area contributed by atoms with Crippen molar-refractivity contribution in [2.24, 2.45) is 17.8 Å². The summed E-state index contributed by atoms with van der Waals surface area (Å²) in [6, 6.07) is 0. The number of aliphatic hydroxyl groups is 1. The Morgan fingerprint density at radius 2 is 2.12 bits per heavy atom. The normalized spacial score (nSPS) is 22.6. The van der Waals surface area contributed by atoms with Gasteiger partial charge in [0.15, 0.2) is 6.10 Å². The van der Waals surface area contributed by atoms with Gasteiger partial charge in [0.05, 0.1) is 0 Å². The summed E-state index contributed by atoms with van der Waals surface area (Å²) in [6.07, 6.45) is 9.87. The molecule has 4 nitrogen and oxygen atoms in total. The predicted octanol–water partition coefficient (Wildman–Crippen LogP) is 3.97. The minimum Gasteiger partial charge on any atom is -0.479 e. The molecule has 1 unspecified atom stereocenters. The lowest BCUT2D eigenvalue weighted by molar-refractivity contribution is -0.146. The number of aliphatic carboxylic acids is 1. The van der Waals surface area contributed by atoms with Gasteiger partial charge in [-0.05, 0) is 38.0 Å². The van der Waals surface area contributed by atoms with Gasteiger partial charge in [0, 0.05) is 24.7 Å². The average Bonchev–Trinajstić information content (AvgIpc) is 2.92. The molecule has 0 saturated heterocycles. The molecule has 4 atom stereocenters. The summed E-state index contributed by atoms with van der Waals surface area (Å²) in [5.74, 6) is 6.44. The van der Waals surface area contributed by atoms with Crippen molar-refractivity contribution in [3.8, 4) is 11.8 Å². The zero-order chi connectivity index (χ0) is 18.7. The molecule has 0 amide bonds. The van der Waals surface area contributed by atoms with Crippen LogP contribution in [0.15, 0.2) is 12.2 Å². The number of allylic oxidation sites excluding steroid dienone is 2. The Hall–Kier alpha value is -1.60. The summed E-state index contributed by atoms with van der Waals surface area (Å²) >= 11 is 0. The van der Waals surface area contributed by atoms with Crippen molar-refractivity contribution in [1.29, 1.82) is 0 Å². The van der Waals surface area contributed by atoms with Gasteiger partial charge in [0.2, 0.25) is 0 Å². The smallest absolute Gasteiger partial charge is 0.332 e. The number of rotatable bonds is 10. The van der Waals surface area contributed by atoms with Crippen molar-refractivity contribution in [2.45, 2.75) is 77.7 Å². The Balaban J connectivity index is 2.41. The summed E-state index contributed by atoms with van der Waals surface area (Å²) in [4.78, 5) is 22.6. The molecule has 25 heavy (non-hydrogen) atoms. The van der Waals surface area contributed by atoms with Crippen LogP contribution in [0.5, 0.6) is 0 Å². The molecule has 1 aliphatic rings. The van der Waals surface area contributed by atoms with Crippen molar-refractivity contribution in [1.82, 2.24) is 0 Å². The van der Waals surface area contributed by atoms with Crippen molar-refractivity contribution < 1.29 is 19.8 Å². The molecule has 0 aromatic rings. The van der Waals surface area contributed by atoms with E-state index in [2.05, 4.69) is 25.7 Å². The summed E-state index contributed by atoms with van der Waals surface area (Å²) < 4.78 is 0. The monoisotopic (exact) mass is 348 g/mol. The van der Waals surface area contributed by atoms with Crippen molar-refractivity contribution in [3.63, 3.8) is 0 Å². The first-order valence-corrected chi connectivity index (χ1v) is 9.52. The third-order valence-electron chi connectivity index (χ3n) is 4.84. The highest BCUT2D eigenvalue weighted by molar-refractivity contribution is 5.84. The Morgan fingerprint density at radius 3 is 2.80 bits per heavy atom. The molecule has 1 aliphatic carbocycles. The van der Waals surface area contributed by atoms with Gasteiger partial charge >= 0.3 is 5.97 Å². The Morgan fingerprint density at radius 1 is 1.36 bits per heavy atom. The van der Waals surface area contributed by atoms with Crippen LogP contribution in [0.3, 0.4) is 0 Å². The number of unbranched alkanes of at least 4 members (excludes halogenated alkanes) is 1. The number of ketones is 1. The number of aliphatic hydroxyl groups excluding tert-OH is 1. The Bertz CT molecular complexity index is 512. The predicted molar refractivity (Wildman–Crippen MR) is 98.9 cm³/mol. The largest absolute Gasteiger partial charge is 0.479 e. The molecule has 0 radical (unpaired) electrons. The highest BCUT2D eigenvalue weighted by Crippen LogP contribution is 2.31. The molecule has 0 aromatic heterocycles. The minimum absolute atomic E-state index is 0.0286. The van der Waals surface area contributed by atoms with E-state index in [1.165, 1.54) is 19.3 Å². The molecule has 1 saturated carbocycles. The first kappa shape index (κ1) is 21.4. The number of carbonyl (C=O) groups excluding carboxylic acids is 1. The minimum atomic E-state index is -1.31. The summed E-state index contributed by atoms with van der Waals surface area (Å²) in [6.45, 7) is 4.43. The molecular formula is C21H32O4. The molecule has 4 heteroatoms. The van der Waals surface area contributed by atoms with E-state index >= 15 is 0 Å². The van der Waals surface area contributed by atoms with Gasteiger partial charge in [-0.2, -0.15) is 0 Å². The second kappa shape index (κ2) is 11.9. The Labute approximate surface area is 151 Å². The van der Waals surface area contributed by atoms with Crippen LogP contribution >= 0.6 is 0 Å². The topological polar surface area (TPSA) is 74.6 Å². The number of hydrogen-bond donors (Lipinski definition) is 2. The summed E-state index contributed by atoms with van der Waals surface area (Å²) in [5, 5.41) is 17.8. The molecule has 0 heterocycles. The van der Waals surface area contributed by atoms with Crippen LogP contribution in [0.25, 0.3) is 0 Å². The van der Waals surface area contributed by atoms with Crippen LogP contribution in [-0.2, 0) is 9.59 Å². The van der Waals surface area contributed by atoms with Gasteiger partial charge in [-0.3, -0.25) is 4.79 Å². The average molecular weight is 348 g/mol. The lowest BCUT2D eigenvalue weighted by atomic mass is 9.91. The molecule has 0 aliphatic heterocycles. The Kier molecular flexibility index (Phi) is 10.2. The lowest BCUT2D eigenvalue weighted by Gasteiger charge is -2.11. The number of Topliss-reactive ketones (excluding diaryl/α,β-unsaturated/α-hetero) is 1. The van der Waals surface area contributed by atoms with Gasteiger partial charge in [0.1, 0.15) is 5.78 Å². The number of carboxylic acid groups (broad SMARTS) is 1. The van der Waals surface area contributed by atoms with Crippen molar-refractivity contribution >= 4 is 11.8 Å². The second-order valence-electron chi connectivity index (χ2n) is 7.13. The van der Waals surface area contributed by atoms with E-state index in [0.717, 1.165) is 12.8 Å².